The first-order valence-corrected chi connectivity index (χ1v) is 13.8. The van der Waals surface area contributed by atoms with Crippen LogP contribution in [-0.4, -0.2) is 67.3 Å². The van der Waals surface area contributed by atoms with Gasteiger partial charge >= 0.3 is 0 Å². The van der Waals surface area contributed by atoms with Gasteiger partial charge in [-0.2, -0.15) is 0 Å². The average molecular weight is 490 g/mol. The van der Waals surface area contributed by atoms with E-state index in [0.29, 0.717) is 12.0 Å². The van der Waals surface area contributed by atoms with Crippen LogP contribution in [0.3, 0.4) is 0 Å². The second-order valence-corrected chi connectivity index (χ2v) is 11.0. The molecule has 2 fully saturated rings. The van der Waals surface area contributed by atoms with Gasteiger partial charge in [0.1, 0.15) is 0 Å². The lowest BCUT2D eigenvalue weighted by Gasteiger charge is -2.37. The highest BCUT2D eigenvalue weighted by atomic mass is 16.5. The molecule has 2 aromatic carbocycles. The number of aryl methyl sites for hydroxylation is 1. The Bertz CT molecular complexity index is 1180. The maximum absolute atomic E-state index is 5.54. The van der Waals surface area contributed by atoms with Crippen molar-refractivity contribution in [2.45, 2.75) is 70.9 Å². The highest BCUT2D eigenvalue weighted by molar-refractivity contribution is 5.91. The number of likely N-dealkylation sites (tertiary alicyclic amines) is 2. The van der Waals surface area contributed by atoms with Gasteiger partial charge in [-0.1, -0.05) is 6.07 Å². The second kappa shape index (κ2) is 10.9. The predicted octanol–water partition coefficient (Wildman–Crippen LogP) is 6.60. The number of hydrogen-bond donors (Lipinski definition) is 1. The Morgan fingerprint density at radius 2 is 1.64 bits per heavy atom. The summed E-state index contributed by atoms with van der Waals surface area (Å²) < 4.78 is 11.0. The first-order valence-electron chi connectivity index (χ1n) is 13.8. The van der Waals surface area contributed by atoms with E-state index in [1.165, 1.54) is 80.3 Å². The Kier molecular flexibility index (Phi) is 7.59. The van der Waals surface area contributed by atoms with Crippen LogP contribution < -0.4 is 9.47 Å². The molecule has 0 amide bonds. The van der Waals surface area contributed by atoms with E-state index in [-0.39, 0.29) is 0 Å². The number of methoxy groups -OCH3 is 2. The molecule has 1 aromatic heterocycles. The second-order valence-electron chi connectivity index (χ2n) is 11.0. The molecule has 3 aromatic rings. The Morgan fingerprint density at radius 1 is 0.861 bits per heavy atom. The molecule has 0 aliphatic carbocycles. The number of nitrogens with zero attached hydrogens (tertiary/aromatic N) is 2. The molecule has 5 nitrogen and oxygen atoms in total. The smallest absolute Gasteiger partial charge is 0.161 e. The highest BCUT2D eigenvalue weighted by Crippen LogP contribution is 2.38. The third kappa shape index (κ3) is 5.01. The minimum Gasteiger partial charge on any atom is -0.493 e. The van der Waals surface area contributed by atoms with Crippen LogP contribution >= 0.6 is 0 Å². The summed E-state index contributed by atoms with van der Waals surface area (Å²) in [7, 11) is 3.36. The minimum absolute atomic E-state index is 0.655. The molecular weight excluding hydrogens is 446 g/mol. The summed E-state index contributed by atoms with van der Waals surface area (Å²) in [4.78, 5) is 9.12. The molecule has 2 aliphatic rings. The SMILES string of the molecule is COc1ccc(-c2[nH]c3ccc(C4CCN(C5CCCN(C(C)C)CC5)CC4)cc3c2C)cc1OC. The number of rotatable bonds is 6. The van der Waals surface area contributed by atoms with Gasteiger partial charge in [-0.15, -0.1) is 0 Å². The van der Waals surface area contributed by atoms with Gasteiger partial charge in [-0.05, 0) is 126 Å². The molecule has 0 saturated carbocycles. The van der Waals surface area contributed by atoms with Crippen molar-refractivity contribution in [1.82, 2.24) is 14.8 Å². The fraction of sp³-hybridized carbons (Fsp3) is 0.548. The Morgan fingerprint density at radius 3 is 2.36 bits per heavy atom. The van der Waals surface area contributed by atoms with Crippen molar-refractivity contribution < 1.29 is 9.47 Å². The van der Waals surface area contributed by atoms with E-state index < -0.39 is 0 Å². The van der Waals surface area contributed by atoms with E-state index in [1.807, 2.05) is 6.07 Å². The molecule has 1 unspecified atom stereocenters. The van der Waals surface area contributed by atoms with Crippen molar-refractivity contribution in [2.24, 2.45) is 0 Å². The number of fused-ring (bicyclic) bond motifs is 1. The molecule has 1 atom stereocenters. The zero-order valence-corrected chi connectivity index (χ0v) is 22.8. The largest absolute Gasteiger partial charge is 0.493 e. The normalized spacial score (nSPS) is 20.7. The Hall–Kier alpha value is -2.50. The maximum atomic E-state index is 5.54. The van der Waals surface area contributed by atoms with Gasteiger partial charge in [0, 0.05) is 34.2 Å². The lowest BCUT2D eigenvalue weighted by atomic mass is 9.87. The summed E-state index contributed by atoms with van der Waals surface area (Å²) in [6.45, 7) is 11.9. The van der Waals surface area contributed by atoms with E-state index in [1.54, 1.807) is 14.2 Å². The summed E-state index contributed by atoms with van der Waals surface area (Å²) in [6.07, 6.45) is 6.57. The van der Waals surface area contributed by atoms with E-state index in [9.17, 15) is 0 Å². The van der Waals surface area contributed by atoms with Crippen LogP contribution in [0.4, 0.5) is 0 Å². The van der Waals surface area contributed by atoms with Crippen molar-refractivity contribution in [2.75, 3.05) is 40.4 Å². The molecule has 2 aliphatic heterocycles. The van der Waals surface area contributed by atoms with Gasteiger partial charge in [-0.3, -0.25) is 0 Å². The molecule has 0 radical (unpaired) electrons. The number of aromatic nitrogens is 1. The minimum atomic E-state index is 0.655. The van der Waals surface area contributed by atoms with Crippen molar-refractivity contribution in [3.8, 4) is 22.8 Å². The van der Waals surface area contributed by atoms with Crippen LogP contribution in [-0.2, 0) is 0 Å². The molecule has 194 valence electrons. The number of ether oxygens (including phenoxy) is 2. The molecular formula is C31H43N3O2. The van der Waals surface area contributed by atoms with Gasteiger partial charge < -0.3 is 24.3 Å². The number of hydrogen-bond acceptors (Lipinski definition) is 4. The molecule has 0 spiro atoms. The van der Waals surface area contributed by atoms with E-state index >= 15 is 0 Å². The molecule has 2 saturated heterocycles. The number of H-pyrrole nitrogens is 1. The molecule has 3 heterocycles. The molecule has 5 rings (SSSR count). The van der Waals surface area contributed by atoms with Crippen molar-refractivity contribution in [1.29, 1.82) is 0 Å². The summed E-state index contributed by atoms with van der Waals surface area (Å²) >= 11 is 0. The van der Waals surface area contributed by atoms with Crippen molar-refractivity contribution >= 4 is 10.9 Å². The molecule has 0 bridgehead atoms. The van der Waals surface area contributed by atoms with Crippen LogP contribution in [0.15, 0.2) is 36.4 Å². The lowest BCUT2D eigenvalue weighted by molar-refractivity contribution is 0.136. The average Bonchev–Trinajstić information content (AvgIpc) is 3.07. The highest BCUT2D eigenvalue weighted by Gasteiger charge is 2.28. The zero-order chi connectivity index (χ0) is 25.2. The summed E-state index contributed by atoms with van der Waals surface area (Å²) in [5.74, 6) is 2.17. The van der Waals surface area contributed by atoms with Crippen molar-refractivity contribution in [3.05, 3.63) is 47.5 Å². The number of benzene rings is 2. The predicted molar refractivity (Wildman–Crippen MR) is 149 cm³/mol. The molecule has 1 N–H and O–H groups in total. The first-order chi connectivity index (χ1) is 17.5. The van der Waals surface area contributed by atoms with Gasteiger partial charge in [0.15, 0.2) is 11.5 Å². The number of aromatic amines is 1. The van der Waals surface area contributed by atoms with E-state index in [0.717, 1.165) is 28.8 Å². The van der Waals surface area contributed by atoms with Crippen LogP contribution in [0.2, 0.25) is 0 Å². The lowest BCUT2D eigenvalue weighted by Crippen LogP contribution is -2.41. The van der Waals surface area contributed by atoms with Gasteiger partial charge in [0.2, 0.25) is 0 Å². The van der Waals surface area contributed by atoms with Crippen LogP contribution in [0.1, 0.15) is 63.0 Å². The standard InChI is InChI=1S/C31H43N3O2/c1-21(2)33-15-6-7-26(14-18-33)34-16-12-23(13-17-34)24-8-10-28-27(19-24)22(3)31(32-28)25-9-11-29(35-4)30(20-25)36-5/h8-11,19-21,23,26,32H,6-7,12-18H2,1-5H3. The fourth-order valence-corrected chi connectivity index (χ4v) is 6.46. The first kappa shape index (κ1) is 25.2. The van der Waals surface area contributed by atoms with Gasteiger partial charge in [0.05, 0.1) is 14.2 Å². The third-order valence-corrected chi connectivity index (χ3v) is 8.73. The third-order valence-electron chi connectivity index (χ3n) is 8.73. The van der Waals surface area contributed by atoms with Crippen LogP contribution in [0, 0.1) is 6.92 Å². The maximum Gasteiger partial charge on any atom is 0.161 e. The zero-order valence-electron chi connectivity index (χ0n) is 22.8. The summed E-state index contributed by atoms with van der Waals surface area (Å²) in [5, 5.41) is 1.33. The number of piperidine rings is 1. The van der Waals surface area contributed by atoms with Gasteiger partial charge in [-0.25, -0.2) is 0 Å². The summed E-state index contributed by atoms with van der Waals surface area (Å²) in [5.41, 5.74) is 6.27. The quantitative estimate of drug-likeness (QED) is 0.423. The van der Waals surface area contributed by atoms with E-state index in [4.69, 9.17) is 9.47 Å². The summed E-state index contributed by atoms with van der Waals surface area (Å²) in [6, 6.07) is 14.7. The number of nitrogens with one attached hydrogen (secondary N) is 1. The van der Waals surface area contributed by atoms with Gasteiger partial charge in [0.25, 0.3) is 0 Å². The van der Waals surface area contributed by atoms with Crippen molar-refractivity contribution in [3.63, 3.8) is 0 Å². The monoisotopic (exact) mass is 489 g/mol. The Balaban J connectivity index is 1.29. The Labute approximate surface area is 216 Å². The fourth-order valence-electron chi connectivity index (χ4n) is 6.46. The molecule has 5 heteroatoms. The van der Waals surface area contributed by atoms with Crippen LogP contribution in [0.5, 0.6) is 11.5 Å². The topological polar surface area (TPSA) is 40.7 Å². The van der Waals surface area contributed by atoms with E-state index in [2.05, 4.69) is 65.9 Å². The van der Waals surface area contributed by atoms with Crippen LogP contribution in [0.25, 0.3) is 22.2 Å². The molecule has 36 heavy (non-hydrogen) atoms.